The van der Waals surface area contributed by atoms with Gasteiger partial charge in [0.25, 0.3) is 5.91 Å². The lowest BCUT2D eigenvalue weighted by molar-refractivity contribution is -0.118. The van der Waals surface area contributed by atoms with E-state index in [9.17, 15) is 4.79 Å². The van der Waals surface area contributed by atoms with Gasteiger partial charge >= 0.3 is 0 Å². The molecular formula is C17H19NO3. The first-order valence-electron chi connectivity index (χ1n) is 6.93. The highest BCUT2D eigenvalue weighted by molar-refractivity contribution is 5.91. The highest BCUT2D eigenvalue weighted by atomic mass is 16.5. The van der Waals surface area contributed by atoms with Gasteiger partial charge in [-0.2, -0.15) is 0 Å². The topological polar surface area (TPSA) is 58.6 Å². The number of anilines is 1. The molecule has 0 saturated carbocycles. The molecule has 4 heteroatoms. The molecule has 0 heterocycles. The maximum Gasteiger partial charge on any atom is 0.262 e. The summed E-state index contributed by atoms with van der Waals surface area (Å²) < 4.78 is 5.56. The van der Waals surface area contributed by atoms with E-state index in [-0.39, 0.29) is 19.1 Å². The van der Waals surface area contributed by atoms with Gasteiger partial charge in [-0.3, -0.25) is 4.79 Å². The lowest BCUT2D eigenvalue weighted by Crippen LogP contribution is -2.20. The van der Waals surface area contributed by atoms with Crippen LogP contribution in [0.25, 0.3) is 0 Å². The molecular weight excluding hydrogens is 266 g/mol. The van der Waals surface area contributed by atoms with Crippen molar-refractivity contribution in [2.75, 3.05) is 11.9 Å². The Morgan fingerprint density at radius 2 is 2.00 bits per heavy atom. The van der Waals surface area contributed by atoms with E-state index in [1.54, 1.807) is 24.3 Å². The number of aliphatic hydroxyl groups excluding tert-OH is 1. The largest absolute Gasteiger partial charge is 0.483 e. The van der Waals surface area contributed by atoms with Gasteiger partial charge in [0.05, 0.1) is 6.61 Å². The zero-order valence-electron chi connectivity index (χ0n) is 12.0. The Labute approximate surface area is 124 Å². The lowest BCUT2D eigenvalue weighted by atomic mass is 10.1. The number of carbonyl (C=O) groups excluding carboxylic acids is 1. The maximum atomic E-state index is 11.9. The van der Waals surface area contributed by atoms with Gasteiger partial charge in [-0.25, -0.2) is 0 Å². The number of para-hydroxylation sites is 1. The number of hydrogen-bond donors (Lipinski definition) is 2. The Hall–Kier alpha value is -2.33. The first kappa shape index (κ1) is 15.1. The summed E-state index contributed by atoms with van der Waals surface area (Å²) in [6, 6.07) is 14.8. The van der Waals surface area contributed by atoms with E-state index in [2.05, 4.69) is 5.32 Å². The molecule has 0 unspecified atom stereocenters. The van der Waals surface area contributed by atoms with Crippen LogP contribution in [0.2, 0.25) is 0 Å². The summed E-state index contributed by atoms with van der Waals surface area (Å²) in [5.41, 5.74) is 2.48. The van der Waals surface area contributed by atoms with Crippen molar-refractivity contribution < 1.29 is 14.6 Å². The third-order valence-corrected chi connectivity index (χ3v) is 3.11. The average Bonchev–Trinajstić information content (AvgIpc) is 2.53. The minimum Gasteiger partial charge on any atom is -0.483 e. The molecule has 2 aromatic rings. The van der Waals surface area contributed by atoms with Crippen molar-refractivity contribution in [3.63, 3.8) is 0 Å². The van der Waals surface area contributed by atoms with E-state index in [4.69, 9.17) is 9.84 Å². The molecule has 0 aliphatic carbocycles. The normalized spacial score (nSPS) is 10.2. The molecule has 110 valence electrons. The van der Waals surface area contributed by atoms with E-state index in [0.717, 1.165) is 23.3 Å². The zero-order chi connectivity index (χ0) is 15.1. The molecule has 21 heavy (non-hydrogen) atoms. The quantitative estimate of drug-likeness (QED) is 0.858. The van der Waals surface area contributed by atoms with Gasteiger partial charge in [0.2, 0.25) is 0 Å². The fraction of sp³-hybridized carbons (Fsp3) is 0.235. The Bertz CT molecular complexity index is 610. The molecule has 2 N–H and O–H groups in total. The molecule has 0 spiro atoms. The van der Waals surface area contributed by atoms with Gasteiger partial charge in [0, 0.05) is 5.69 Å². The summed E-state index contributed by atoms with van der Waals surface area (Å²) in [6.07, 6.45) is 0.857. The number of benzene rings is 2. The first-order valence-corrected chi connectivity index (χ1v) is 6.93. The van der Waals surface area contributed by atoms with Crippen LogP contribution in [0.5, 0.6) is 5.75 Å². The molecule has 0 saturated heterocycles. The predicted molar refractivity (Wildman–Crippen MR) is 82.3 cm³/mol. The summed E-state index contributed by atoms with van der Waals surface area (Å²) in [7, 11) is 0. The number of carbonyl (C=O) groups is 1. The van der Waals surface area contributed by atoms with Crippen LogP contribution in [-0.4, -0.2) is 17.6 Å². The number of aryl methyl sites for hydroxylation is 1. The number of nitrogens with one attached hydrogen (secondary N) is 1. The summed E-state index contributed by atoms with van der Waals surface area (Å²) in [5.74, 6) is 0.509. The highest BCUT2D eigenvalue weighted by Gasteiger charge is 2.06. The number of aliphatic hydroxyl groups is 1. The van der Waals surface area contributed by atoms with Crippen LogP contribution in [0.4, 0.5) is 5.69 Å². The van der Waals surface area contributed by atoms with E-state index in [1.165, 1.54) is 0 Å². The van der Waals surface area contributed by atoms with Crippen LogP contribution >= 0.6 is 0 Å². The van der Waals surface area contributed by atoms with Crippen LogP contribution < -0.4 is 10.1 Å². The second-order valence-corrected chi connectivity index (χ2v) is 4.66. The van der Waals surface area contributed by atoms with E-state index >= 15 is 0 Å². The number of rotatable bonds is 6. The van der Waals surface area contributed by atoms with Gasteiger partial charge in [0.1, 0.15) is 5.75 Å². The summed E-state index contributed by atoms with van der Waals surface area (Å²) in [5, 5.41) is 11.8. The van der Waals surface area contributed by atoms with Crippen molar-refractivity contribution >= 4 is 11.6 Å². The van der Waals surface area contributed by atoms with Crippen molar-refractivity contribution in [3.8, 4) is 5.75 Å². The fourth-order valence-electron chi connectivity index (χ4n) is 2.02. The molecule has 4 nitrogen and oxygen atoms in total. The van der Waals surface area contributed by atoms with Crippen LogP contribution in [0, 0.1) is 0 Å². The minimum absolute atomic E-state index is 0.0413. The predicted octanol–water partition coefficient (Wildman–Crippen LogP) is 2.76. The van der Waals surface area contributed by atoms with E-state index < -0.39 is 0 Å². The maximum absolute atomic E-state index is 11.9. The second-order valence-electron chi connectivity index (χ2n) is 4.66. The van der Waals surface area contributed by atoms with Gasteiger partial charge in [0.15, 0.2) is 6.61 Å². The molecule has 0 aromatic heterocycles. The van der Waals surface area contributed by atoms with Crippen LogP contribution in [0.1, 0.15) is 18.1 Å². The molecule has 2 aromatic carbocycles. The Kier molecular flexibility index (Phi) is 5.35. The average molecular weight is 285 g/mol. The van der Waals surface area contributed by atoms with Crippen molar-refractivity contribution in [3.05, 3.63) is 59.7 Å². The summed E-state index contributed by atoms with van der Waals surface area (Å²) >= 11 is 0. The smallest absolute Gasteiger partial charge is 0.262 e. The Morgan fingerprint density at radius 1 is 1.19 bits per heavy atom. The first-order chi connectivity index (χ1) is 10.2. The van der Waals surface area contributed by atoms with E-state index in [1.807, 2.05) is 31.2 Å². The standard InChI is InChI=1S/C17H19NO3/c1-2-14-7-3-4-9-16(14)21-12-17(20)18-15-8-5-6-13(10-15)11-19/h3-10,19H,2,11-12H2,1H3,(H,18,20). The minimum atomic E-state index is -0.226. The number of hydrogen-bond acceptors (Lipinski definition) is 3. The molecule has 0 aliphatic rings. The monoisotopic (exact) mass is 285 g/mol. The molecule has 0 radical (unpaired) electrons. The van der Waals surface area contributed by atoms with Gasteiger partial charge in [-0.05, 0) is 35.7 Å². The van der Waals surface area contributed by atoms with Gasteiger partial charge < -0.3 is 15.2 Å². The zero-order valence-corrected chi connectivity index (χ0v) is 12.0. The van der Waals surface area contributed by atoms with Crippen molar-refractivity contribution in [1.29, 1.82) is 0 Å². The van der Waals surface area contributed by atoms with Crippen molar-refractivity contribution in [1.82, 2.24) is 0 Å². The third-order valence-electron chi connectivity index (χ3n) is 3.11. The van der Waals surface area contributed by atoms with Crippen molar-refractivity contribution in [2.24, 2.45) is 0 Å². The van der Waals surface area contributed by atoms with Gasteiger partial charge in [-0.15, -0.1) is 0 Å². The third kappa shape index (κ3) is 4.33. The number of amides is 1. The molecule has 0 bridgehead atoms. The lowest BCUT2D eigenvalue weighted by Gasteiger charge is -2.11. The molecule has 2 rings (SSSR count). The van der Waals surface area contributed by atoms with E-state index in [0.29, 0.717) is 5.69 Å². The van der Waals surface area contributed by atoms with Crippen molar-refractivity contribution in [2.45, 2.75) is 20.0 Å². The molecule has 0 aliphatic heterocycles. The Balaban J connectivity index is 1.92. The molecule has 1 amide bonds. The summed E-state index contributed by atoms with van der Waals surface area (Å²) in [4.78, 5) is 11.9. The SMILES string of the molecule is CCc1ccccc1OCC(=O)Nc1cccc(CO)c1. The van der Waals surface area contributed by atoms with Crippen LogP contribution in [0.3, 0.4) is 0 Å². The summed E-state index contributed by atoms with van der Waals surface area (Å²) in [6.45, 7) is 1.95. The number of ether oxygens (including phenoxy) is 1. The Morgan fingerprint density at radius 3 is 2.76 bits per heavy atom. The van der Waals surface area contributed by atoms with Crippen LogP contribution in [-0.2, 0) is 17.8 Å². The molecule has 0 fully saturated rings. The van der Waals surface area contributed by atoms with Gasteiger partial charge in [-0.1, -0.05) is 37.3 Å². The molecule has 0 atom stereocenters. The second kappa shape index (κ2) is 7.45. The van der Waals surface area contributed by atoms with Crippen LogP contribution in [0.15, 0.2) is 48.5 Å². The fourth-order valence-corrected chi connectivity index (χ4v) is 2.02. The highest BCUT2D eigenvalue weighted by Crippen LogP contribution is 2.18.